The number of rotatable bonds is 2. The highest BCUT2D eigenvalue weighted by molar-refractivity contribution is 5.55. The van der Waals surface area contributed by atoms with Gasteiger partial charge in [0.1, 0.15) is 12.3 Å². The Morgan fingerprint density at radius 2 is 2.62 bits per heavy atom. The Kier molecular flexibility index (Phi) is 2.31. The van der Waals surface area contributed by atoms with Crippen LogP contribution in [0.25, 0.3) is 0 Å². The second kappa shape index (κ2) is 3.62. The lowest BCUT2D eigenvalue weighted by Crippen LogP contribution is -2.35. The van der Waals surface area contributed by atoms with Crippen molar-refractivity contribution >= 4 is 5.69 Å². The number of ether oxygens (including phenoxy) is 1. The van der Waals surface area contributed by atoms with Crippen molar-refractivity contribution in [3.63, 3.8) is 0 Å². The third kappa shape index (κ3) is 1.58. The molecule has 2 rings (SSSR count). The first kappa shape index (κ1) is 8.31. The standard InChI is InChI=1S/C9H11N2O2/c12-6-4-11-5-7-13-9-8(11)2-1-3-10-9/h2-3,12H,4-7H2. The van der Waals surface area contributed by atoms with Gasteiger partial charge in [-0.25, -0.2) is 4.98 Å². The van der Waals surface area contributed by atoms with E-state index in [2.05, 4.69) is 11.1 Å². The van der Waals surface area contributed by atoms with Gasteiger partial charge >= 0.3 is 0 Å². The maximum Gasteiger partial charge on any atom is 0.237 e. The minimum atomic E-state index is 0.147. The Labute approximate surface area is 76.8 Å². The lowest BCUT2D eigenvalue weighted by Gasteiger charge is -2.29. The van der Waals surface area contributed by atoms with Crippen molar-refractivity contribution < 1.29 is 9.84 Å². The van der Waals surface area contributed by atoms with E-state index in [0.29, 0.717) is 19.0 Å². The monoisotopic (exact) mass is 179 g/mol. The second-order valence-electron chi connectivity index (χ2n) is 2.82. The normalized spacial score (nSPS) is 15.0. The quantitative estimate of drug-likeness (QED) is 0.698. The van der Waals surface area contributed by atoms with Crippen LogP contribution in [-0.2, 0) is 0 Å². The number of hydrogen-bond donors (Lipinski definition) is 1. The average molecular weight is 179 g/mol. The zero-order valence-corrected chi connectivity index (χ0v) is 7.23. The Morgan fingerprint density at radius 3 is 3.46 bits per heavy atom. The predicted molar refractivity (Wildman–Crippen MR) is 47.9 cm³/mol. The lowest BCUT2D eigenvalue weighted by atomic mass is 10.3. The van der Waals surface area contributed by atoms with Crippen LogP contribution in [0.5, 0.6) is 5.88 Å². The molecule has 1 aliphatic rings. The number of nitrogens with zero attached hydrogens (tertiary/aromatic N) is 2. The topological polar surface area (TPSA) is 45.6 Å². The smallest absolute Gasteiger partial charge is 0.237 e. The fourth-order valence-electron chi connectivity index (χ4n) is 1.40. The van der Waals surface area contributed by atoms with Gasteiger partial charge < -0.3 is 14.7 Å². The number of fused-ring (bicyclic) bond motifs is 1. The molecule has 69 valence electrons. The molecule has 0 aromatic carbocycles. The van der Waals surface area contributed by atoms with E-state index < -0.39 is 0 Å². The number of pyridine rings is 1. The van der Waals surface area contributed by atoms with E-state index >= 15 is 0 Å². The first-order chi connectivity index (χ1) is 6.42. The number of aliphatic hydroxyl groups is 1. The summed E-state index contributed by atoms with van der Waals surface area (Å²) in [4.78, 5) is 6.09. The molecule has 0 fully saturated rings. The predicted octanol–water partition coefficient (Wildman–Crippen LogP) is 0.0729. The molecule has 0 bridgehead atoms. The van der Waals surface area contributed by atoms with E-state index in [1.165, 1.54) is 0 Å². The molecule has 4 heteroatoms. The van der Waals surface area contributed by atoms with Crippen LogP contribution in [-0.4, -0.2) is 36.4 Å². The largest absolute Gasteiger partial charge is 0.474 e. The summed E-state index contributed by atoms with van der Waals surface area (Å²) in [6.45, 7) is 2.20. The summed E-state index contributed by atoms with van der Waals surface area (Å²) in [7, 11) is 0. The minimum absolute atomic E-state index is 0.147. The molecule has 2 heterocycles. The number of hydrogen-bond acceptors (Lipinski definition) is 4. The molecule has 1 N–H and O–H groups in total. The molecular weight excluding hydrogens is 168 g/mol. The highest BCUT2D eigenvalue weighted by atomic mass is 16.5. The van der Waals surface area contributed by atoms with E-state index in [1.807, 2.05) is 11.0 Å². The van der Waals surface area contributed by atoms with E-state index in [-0.39, 0.29) is 6.61 Å². The summed E-state index contributed by atoms with van der Waals surface area (Å²) in [6.07, 6.45) is 1.58. The van der Waals surface area contributed by atoms with Crippen LogP contribution >= 0.6 is 0 Å². The van der Waals surface area contributed by atoms with Crippen LogP contribution in [0.1, 0.15) is 0 Å². The van der Waals surface area contributed by atoms with Gasteiger partial charge in [0.05, 0.1) is 13.2 Å². The summed E-state index contributed by atoms with van der Waals surface area (Å²) in [6, 6.07) is 4.73. The summed E-state index contributed by atoms with van der Waals surface area (Å²) in [5.74, 6) is 0.637. The van der Waals surface area contributed by atoms with E-state index in [0.717, 1.165) is 12.2 Å². The molecule has 0 atom stereocenters. The Morgan fingerprint density at radius 1 is 1.69 bits per heavy atom. The Bertz CT molecular complexity index is 291. The fourth-order valence-corrected chi connectivity index (χ4v) is 1.40. The van der Waals surface area contributed by atoms with Gasteiger partial charge in [-0.2, -0.15) is 0 Å². The van der Waals surface area contributed by atoms with Crippen molar-refractivity contribution in [1.29, 1.82) is 0 Å². The Balaban J connectivity index is 2.26. The highest BCUT2D eigenvalue weighted by Crippen LogP contribution is 2.27. The van der Waals surface area contributed by atoms with Gasteiger partial charge in [0, 0.05) is 18.8 Å². The Hall–Kier alpha value is -1.29. The number of aromatic nitrogens is 1. The summed E-state index contributed by atoms with van der Waals surface area (Å²) in [5, 5.41) is 8.83. The molecule has 0 amide bonds. The van der Waals surface area contributed by atoms with Crippen molar-refractivity contribution in [2.24, 2.45) is 0 Å². The summed E-state index contributed by atoms with van der Waals surface area (Å²) < 4.78 is 5.35. The molecule has 1 aromatic rings. The molecule has 4 nitrogen and oxygen atoms in total. The number of anilines is 1. The van der Waals surface area contributed by atoms with Crippen molar-refractivity contribution in [2.75, 3.05) is 31.2 Å². The first-order valence-corrected chi connectivity index (χ1v) is 4.26. The molecular formula is C9H11N2O2. The molecule has 0 saturated carbocycles. The summed E-state index contributed by atoms with van der Waals surface area (Å²) >= 11 is 0. The van der Waals surface area contributed by atoms with Gasteiger partial charge in [0.25, 0.3) is 0 Å². The average Bonchev–Trinajstić information content (AvgIpc) is 2.19. The van der Waals surface area contributed by atoms with Crippen LogP contribution in [0.2, 0.25) is 0 Å². The molecule has 1 aromatic heterocycles. The zero-order chi connectivity index (χ0) is 9.10. The van der Waals surface area contributed by atoms with Gasteiger partial charge in [-0.15, -0.1) is 0 Å². The van der Waals surface area contributed by atoms with Crippen LogP contribution in [0.3, 0.4) is 0 Å². The van der Waals surface area contributed by atoms with Gasteiger partial charge in [0.15, 0.2) is 0 Å². The van der Waals surface area contributed by atoms with Gasteiger partial charge in [-0.3, -0.25) is 0 Å². The van der Waals surface area contributed by atoms with E-state index in [1.54, 1.807) is 6.20 Å². The molecule has 13 heavy (non-hydrogen) atoms. The SMILES string of the molecule is OCCN1CCOc2nc[c]cc21. The molecule has 0 saturated heterocycles. The van der Waals surface area contributed by atoms with Crippen molar-refractivity contribution in [3.05, 3.63) is 18.3 Å². The third-order valence-electron chi connectivity index (χ3n) is 2.01. The fraction of sp³-hybridized carbons (Fsp3) is 0.444. The molecule has 0 spiro atoms. The van der Waals surface area contributed by atoms with E-state index in [9.17, 15) is 0 Å². The van der Waals surface area contributed by atoms with Crippen LogP contribution in [0.15, 0.2) is 12.3 Å². The first-order valence-electron chi connectivity index (χ1n) is 4.26. The lowest BCUT2D eigenvalue weighted by molar-refractivity contribution is 0.272. The molecule has 0 unspecified atom stereocenters. The minimum Gasteiger partial charge on any atom is -0.474 e. The van der Waals surface area contributed by atoms with Gasteiger partial charge in [-0.1, -0.05) is 0 Å². The second-order valence-corrected chi connectivity index (χ2v) is 2.82. The number of aliphatic hydroxyl groups excluding tert-OH is 1. The van der Waals surface area contributed by atoms with Crippen molar-refractivity contribution in [3.8, 4) is 5.88 Å². The van der Waals surface area contributed by atoms with Crippen molar-refractivity contribution in [2.45, 2.75) is 0 Å². The molecule has 1 aliphatic heterocycles. The zero-order valence-electron chi connectivity index (χ0n) is 7.23. The highest BCUT2D eigenvalue weighted by Gasteiger charge is 2.17. The van der Waals surface area contributed by atoms with Gasteiger partial charge in [-0.05, 0) is 6.07 Å². The van der Waals surface area contributed by atoms with Crippen molar-refractivity contribution in [1.82, 2.24) is 4.98 Å². The maximum atomic E-state index is 8.83. The van der Waals surface area contributed by atoms with Crippen LogP contribution in [0.4, 0.5) is 5.69 Å². The van der Waals surface area contributed by atoms with Crippen LogP contribution < -0.4 is 9.64 Å². The molecule has 0 aliphatic carbocycles. The van der Waals surface area contributed by atoms with E-state index in [4.69, 9.17) is 9.84 Å². The van der Waals surface area contributed by atoms with Gasteiger partial charge in [0.2, 0.25) is 5.88 Å². The summed E-state index contributed by atoms with van der Waals surface area (Å²) in [5.41, 5.74) is 0.919. The number of β-amino-alcohol motifs (C(OH)–C–C–N with tert-alkyl or cyclic N) is 1. The maximum absolute atomic E-state index is 8.83. The third-order valence-corrected chi connectivity index (χ3v) is 2.01. The van der Waals surface area contributed by atoms with Crippen LogP contribution in [0, 0.1) is 6.07 Å². The molecule has 1 radical (unpaired) electrons.